The molecule has 124 valence electrons. The Labute approximate surface area is 143 Å². The van der Waals surface area contributed by atoms with Crippen molar-refractivity contribution < 1.29 is 14.6 Å². The lowest BCUT2D eigenvalue weighted by Crippen LogP contribution is -2.21. The summed E-state index contributed by atoms with van der Waals surface area (Å²) in [6.45, 7) is 3.82. The Morgan fingerprint density at radius 3 is 3.04 bits per heavy atom. The number of fused-ring (bicyclic) bond motifs is 1. The smallest absolute Gasteiger partial charge is 0.340 e. The van der Waals surface area contributed by atoms with Gasteiger partial charge in [-0.05, 0) is 37.6 Å². The van der Waals surface area contributed by atoms with Gasteiger partial charge < -0.3 is 9.84 Å². The number of rotatable bonds is 4. The Morgan fingerprint density at radius 1 is 1.46 bits per heavy atom. The van der Waals surface area contributed by atoms with E-state index in [0.717, 1.165) is 0 Å². The number of benzene rings is 1. The van der Waals surface area contributed by atoms with E-state index < -0.39 is 5.97 Å². The van der Waals surface area contributed by atoms with Gasteiger partial charge in [-0.3, -0.25) is 0 Å². The van der Waals surface area contributed by atoms with E-state index in [-0.39, 0.29) is 12.4 Å². The number of aromatic nitrogens is 3. The van der Waals surface area contributed by atoms with Crippen molar-refractivity contribution in [3.63, 3.8) is 0 Å². The zero-order valence-corrected chi connectivity index (χ0v) is 14.1. The first-order valence-corrected chi connectivity index (χ1v) is 8.38. The molecule has 1 aliphatic heterocycles. The third-order valence-electron chi connectivity index (χ3n) is 3.31. The number of phenolic OH excluding ortho intramolecular Hbond substituents is 1. The third-order valence-corrected chi connectivity index (χ3v) is 4.24. The number of phenols is 1. The van der Waals surface area contributed by atoms with E-state index in [4.69, 9.17) is 4.74 Å². The minimum Gasteiger partial charge on any atom is -0.508 e. The van der Waals surface area contributed by atoms with Crippen LogP contribution in [0.4, 0.5) is 0 Å². The van der Waals surface area contributed by atoms with Crippen LogP contribution in [0.5, 0.6) is 5.75 Å². The highest BCUT2D eigenvalue weighted by Crippen LogP contribution is 2.25. The van der Waals surface area contributed by atoms with Crippen molar-refractivity contribution in [3.05, 3.63) is 41.2 Å². The minimum absolute atomic E-state index is 0.129. The Hall–Kier alpha value is -2.61. The molecular weight excluding hydrogens is 328 g/mol. The maximum absolute atomic E-state index is 12.4. The Bertz CT molecular complexity index is 842. The van der Waals surface area contributed by atoms with Gasteiger partial charge in [0, 0.05) is 5.75 Å². The van der Waals surface area contributed by atoms with Gasteiger partial charge in [-0.1, -0.05) is 23.9 Å². The molecule has 1 aliphatic rings. The zero-order chi connectivity index (χ0) is 17.1. The highest BCUT2D eigenvalue weighted by atomic mass is 32.2. The Morgan fingerprint density at radius 2 is 2.29 bits per heavy atom. The summed E-state index contributed by atoms with van der Waals surface area (Å²) in [6, 6.07) is 6.65. The van der Waals surface area contributed by atoms with Crippen LogP contribution in [0.1, 0.15) is 18.3 Å². The summed E-state index contributed by atoms with van der Waals surface area (Å²) < 4.78 is 6.77. The van der Waals surface area contributed by atoms with Gasteiger partial charge in [0.1, 0.15) is 5.75 Å². The molecule has 0 spiro atoms. The molecule has 0 radical (unpaired) electrons. The van der Waals surface area contributed by atoms with Gasteiger partial charge >= 0.3 is 5.97 Å². The standard InChI is InChI=1S/C16H16N4O3S/c1-3-23-15(22)13(8-11-5-4-6-12(21)7-11)14-9-24-16-18-17-10(2)20(16)19-14/h4-8,21H,3,9H2,1-2H3/b13-8+. The molecule has 1 aromatic carbocycles. The van der Waals surface area contributed by atoms with Gasteiger partial charge in [-0.25, -0.2) is 4.79 Å². The normalized spacial score (nSPS) is 14.1. The first-order chi connectivity index (χ1) is 11.6. The lowest BCUT2D eigenvalue weighted by atomic mass is 10.1. The molecule has 8 heteroatoms. The van der Waals surface area contributed by atoms with Crippen molar-refractivity contribution in [2.75, 3.05) is 12.4 Å². The molecule has 1 N–H and O–H groups in total. The second-order valence-corrected chi connectivity index (χ2v) is 5.99. The van der Waals surface area contributed by atoms with Gasteiger partial charge in [0.05, 0.1) is 17.9 Å². The van der Waals surface area contributed by atoms with E-state index in [1.54, 1.807) is 48.9 Å². The molecule has 0 saturated heterocycles. The highest BCUT2D eigenvalue weighted by molar-refractivity contribution is 7.99. The number of esters is 1. The number of hydrogen-bond acceptors (Lipinski definition) is 7. The minimum atomic E-state index is -0.450. The van der Waals surface area contributed by atoms with Crippen LogP contribution < -0.4 is 0 Å². The van der Waals surface area contributed by atoms with Gasteiger partial charge in [0.25, 0.3) is 0 Å². The van der Waals surface area contributed by atoms with Crippen LogP contribution in [-0.2, 0) is 9.53 Å². The summed E-state index contributed by atoms with van der Waals surface area (Å²) in [4.78, 5) is 12.4. The number of nitrogens with zero attached hydrogens (tertiary/aromatic N) is 4. The molecule has 0 saturated carbocycles. The molecule has 0 bridgehead atoms. The second-order valence-electron chi connectivity index (χ2n) is 5.05. The van der Waals surface area contributed by atoms with Crippen LogP contribution in [0.15, 0.2) is 40.1 Å². The summed E-state index contributed by atoms with van der Waals surface area (Å²) in [5.74, 6) is 0.815. The van der Waals surface area contributed by atoms with Crippen LogP contribution in [0.3, 0.4) is 0 Å². The zero-order valence-electron chi connectivity index (χ0n) is 13.3. The number of hydrogen-bond donors (Lipinski definition) is 1. The quantitative estimate of drug-likeness (QED) is 0.676. The van der Waals surface area contributed by atoms with Gasteiger partial charge in [-0.2, -0.15) is 9.78 Å². The molecular formula is C16H16N4O3S. The summed E-state index contributed by atoms with van der Waals surface area (Å²) in [5.41, 5.74) is 1.63. The molecule has 2 heterocycles. The predicted molar refractivity (Wildman–Crippen MR) is 91.0 cm³/mol. The van der Waals surface area contributed by atoms with E-state index in [1.165, 1.54) is 11.8 Å². The SMILES string of the molecule is CCOC(=O)/C(=C/c1cccc(O)c1)C1=Nn2c(C)nnc2SC1. The number of aryl methyl sites for hydroxylation is 1. The van der Waals surface area contributed by atoms with Gasteiger partial charge in [-0.15, -0.1) is 10.2 Å². The van der Waals surface area contributed by atoms with Crippen molar-refractivity contribution in [3.8, 4) is 5.75 Å². The summed E-state index contributed by atoms with van der Waals surface area (Å²) >= 11 is 1.46. The van der Waals surface area contributed by atoms with Crippen LogP contribution in [0.2, 0.25) is 0 Å². The van der Waals surface area contributed by atoms with Crippen LogP contribution in [0, 0.1) is 6.92 Å². The fourth-order valence-corrected chi connectivity index (χ4v) is 3.08. The summed E-state index contributed by atoms with van der Waals surface area (Å²) in [5, 5.41) is 22.8. The highest BCUT2D eigenvalue weighted by Gasteiger charge is 2.24. The van der Waals surface area contributed by atoms with Crippen molar-refractivity contribution >= 4 is 29.5 Å². The van der Waals surface area contributed by atoms with Crippen molar-refractivity contribution in [2.45, 2.75) is 19.0 Å². The monoisotopic (exact) mass is 344 g/mol. The van der Waals surface area contributed by atoms with Crippen LogP contribution in [-0.4, -0.2) is 44.0 Å². The molecule has 0 fully saturated rings. The first-order valence-electron chi connectivity index (χ1n) is 7.39. The van der Waals surface area contributed by atoms with E-state index in [1.807, 2.05) is 0 Å². The fraction of sp³-hybridized carbons (Fsp3) is 0.250. The second kappa shape index (κ2) is 6.88. The average Bonchev–Trinajstić information content (AvgIpc) is 2.94. The largest absolute Gasteiger partial charge is 0.508 e. The fourth-order valence-electron chi connectivity index (χ4n) is 2.21. The molecule has 2 aromatic rings. The molecule has 0 unspecified atom stereocenters. The van der Waals surface area contributed by atoms with Crippen molar-refractivity contribution in [1.29, 1.82) is 0 Å². The molecule has 3 rings (SSSR count). The van der Waals surface area contributed by atoms with E-state index in [9.17, 15) is 9.90 Å². The Balaban J connectivity index is 2.04. The van der Waals surface area contributed by atoms with Gasteiger partial charge in [0.2, 0.25) is 5.16 Å². The van der Waals surface area contributed by atoms with Gasteiger partial charge in [0.15, 0.2) is 5.82 Å². The Kier molecular flexibility index (Phi) is 4.66. The van der Waals surface area contributed by atoms with Crippen molar-refractivity contribution in [1.82, 2.24) is 14.9 Å². The molecule has 1 aromatic heterocycles. The maximum Gasteiger partial charge on any atom is 0.340 e. The predicted octanol–water partition coefficient (Wildman–Crippen LogP) is 2.25. The summed E-state index contributed by atoms with van der Waals surface area (Å²) in [7, 11) is 0. The number of aromatic hydroxyl groups is 1. The number of ether oxygens (including phenoxy) is 1. The van der Waals surface area contributed by atoms with E-state index >= 15 is 0 Å². The average molecular weight is 344 g/mol. The topological polar surface area (TPSA) is 89.6 Å². The number of carbonyl (C=O) groups excluding carboxylic acids is 1. The maximum atomic E-state index is 12.4. The van der Waals surface area contributed by atoms with Crippen LogP contribution >= 0.6 is 11.8 Å². The molecule has 0 atom stereocenters. The van der Waals surface area contributed by atoms with E-state index in [2.05, 4.69) is 15.3 Å². The van der Waals surface area contributed by atoms with E-state index in [0.29, 0.717) is 33.6 Å². The lowest BCUT2D eigenvalue weighted by molar-refractivity contribution is -0.137. The van der Waals surface area contributed by atoms with Crippen LogP contribution in [0.25, 0.3) is 6.08 Å². The third kappa shape index (κ3) is 3.33. The molecule has 0 amide bonds. The molecule has 24 heavy (non-hydrogen) atoms. The lowest BCUT2D eigenvalue weighted by Gasteiger charge is -2.15. The number of carbonyl (C=O) groups is 1. The number of thioether (sulfide) groups is 1. The van der Waals surface area contributed by atoms with Crippen molar-refractivity contribution in [2.24, 2.45) is 5.10 Å². The molecule has 7 nitrogen and oxygen atoms in total. The first kappa shape index (κ1) is 16.3. The summed E-state index contributed by atoms with van der Waals surface area (Å²) in [6.07, 6.45) is 1.67. The molecule has 0 aliphatic carbocycles.